The van der Waals surface area contributed by atoms with E-state index < -0.39 is 0 Å². The molecule has 0 spiro atoms. The molecule has 0 amide bonds. The average Bonchev–Trinajstić information content (AvgIpc) is 2.52. The summed E-state index contributed by atoms with van der Waals surface area (Å²) in [5, 5.41) is 8.78. The van der Waals surface area contributed by atoms with Crippen molar-refractivity contribution in [1.29, 1.82) is 0 Å². The van der Waals surface area contributed by atoms with Crippen molar-refractivity contribution < 1.29 is 9.84 Å². The molecular formula is C10H21NO2. The number of nitrogens with two attached hydrogens (primary N) is 1. The summed E-state index contributed by atoms with van der Waals surface area (Å²) in [6, 6.07) is 0. The van der Waals surface area contributed by atoms with Crippen LogP contribution < -0.4 is 5.73 Å². The lowest BCUT2D eigenvalue weighted by atomic mass is 10.0. The molecule has 0 aromatic heterocycles. The molecule has 1 atom stereocenters. The second-order valence-corrected chi connectivity index (χ2v) is 4.37. The highest BCUT2D eigenvalue weighted by molar-refractivity contribution is 4.88. The van der Waals surface area contributed by atoms with Crippen molar-refractivity contribution in [3.05, 3.63) is 0 Å². The van der Waals surface area contributed by atoms with E-state index in [0.717, 1.165) is 12.8 Å². The Morgan fingerprint density at radius 3 is 2.62 bits per heavy atom. The predicted octanol–water partition coefficient (Wildman–Crippen LogP) is 0.903. The molecule has 0 heterocycles. The second kappa shape index (κ2) is 4.94. The fourth-order valence-electron chi connectivity index (χ4n) is 1.74. The van der Waals surface area contributed by atoms with Crippen molar-refractivity contribution in [1.82, 2.24) is 0 Å². The Labute approximate surface area is 80.3 Å². The minimum atomic E-state index is -0.0742. The lowest BCUT2D eigenvalue weighted by molar-refractivity contribution is 0.0490. The molecule has 1 rings (SSSR count). The monoisotopic (exact) mass is 187 g/mol. The van der Waals surface area contributed by atoms with Crippen LogP contribution >= 0.6 is 0 Å². The quantitative estimate of drug-likeness (QED) is 0.672. The maximum absolute atomic E-state index is 8.78. The molecule has 0 bridgehead atoms. The smallest absolute Gasteiger partial charge is 0.0646 e. The van der Waals surface area contributed by atoms with Gasteiger partial charge in [-0.3, -0.25) is 0 Å². The van der Waals surface area contributed by atoms with Crippen LogP contribution in [0.2, 0.25) is 0 Å². The highest BCUT2D eigenvalue weighted by atomic mass is 16.5. The van der Waals surface area contributed by atoms with Gasteiger partial charge in [-0.05, 0) is 12.8 Å². The number of hydrogen-bond acceptors (Lipinski definition) is 3. The Balaban J connectivity index is 2.11. The van der Waals surface area contributed by atoms with E-state index in [0.29, 0.717) is 13.2 Å². The van der Waals surface area contributed by atoms with Gasteiger partial charge in [0.1, 0.15) is 0 Å². The van der Waals surface area contributed by atoms with Crippen LogP contribution in [0.4, 0.5) is 0 Å². The molecule has 3 nitrogen and oxygen atoms in total. The van der Waals surface area contributed by atoms with Gasteiger partial charge in [-0.1, -0.05) is 19.8 Å². The van der Waals surface area contributed by atoms with Crippen LogP contribution in [0.3, 0.4) is 0 Å². The van der Waals surface area contributed by atoms with Gasteiger partial charge in [0.15, 0.2) is 0 Å². The molecule has 3 heteroatoms. The molecule has 1 fully saturated rings. The Kier molecular flexibility index (Phi) is 4.16. The molecular weight excluding hydrogens is 166 g/mol. The van der Waals surface area contributed by atoms with Crippen molar-refractivity contribution in [2.75, 3.05) is 19.8 Å². The molecule has 0 radical (unpaired) electrons. The van der Waals surface area contributed by atoms with E-state index in [-0.39, 0.29) is 18.1 Å². The Morgan fingerprint density at radius 2 is 2.08 bits per heavy atom. The molecule has 0 saturated heterocycles. The van der Waals surface area contributed by atoms with Gasteiger partial charge in [0.2, 0.25) is 0 Å². The number of ether oxygens (including phenoxy) is 1. The molecule has 0 aromatic carbocycles. The number of rotatable bonds is 5. The summed E-state index contributed by atoms with van der Waals surface area (Å²) in [4.78, 5) is 0. The molecule has 1 saturated carbocycles. The fourth-order valence-corrected chi connectivity index (χ4v) is 1.74. The molecule has 78 valence electrons. The molecule has 1 aliphatic carbocycles. The summed E-state index contributed by atoms with van der Waals surface area (Å²) in [6.07, 6.45) is 4.63. The lowest BCUT2D eigenvalue weighted by Gasteiger charge is -2.23. The highest BCUT2D eigenvalue weighted by Crippen LogP contribution is 2.27. The van der Waals surface area contributed by atoms with E-state index in [1.807, 2.05) is 6.92 Å². The molecule has 1 aliphatic rings. The molecule has 0 aromatic rings. The van der Waals surface area contributed by atoms with E-state index in [9.17, 15) is 0 Å². The van der Waals surface area contributed by atoms with E-state index in [1.54, 1.807) is 0 Å². The van der Waals surface area contributed by atoms with E-state index >= 15 is 0 Å². The van der Waals surface area contributed by atoms with Crippen LogP contribution in [-0.2, 0) is 4.74 Å². The van der Waals surface area contributed by atoms with E-state index in [1.165, 1.54) is 12.8 Å². The van der Waals surface area contributed by atoms with E-state index in [4.69, 9.17) is 15.6 Å². The van der Waals surface area contributed by atoms with E-state index in [2.05, 4.69) is 0 Å². The third-order valence-corrected chi connectivity index (χ3v) is 2.70. The summed E-state index contributed by atoms with van der Waals surface area (Å²) in [7, 11) is 0. The summed E-state index contributed by atoms with van der Waals surface area (Å²) >= 11 is 0. The Morgan fingerprint density at radius 1 is 1.46 bits per heavy atom. The van der Waals surface area contributed by atoms with Gasteiger partial charge in [0.05, 0.1) is 13.2 Å². The van der Waals surface area contributed by atoms with Crippen LogP contribution in [0, 0.1) is 5.92 Å². The summed E-state index contributed by atoms with van der Waals surface area (Å²) in [6.45, 7) is 3.43. The fraction of sp³-hybridized carbons (Fsp3) is 1.00. The molecule has 0 aliphatic heterocycles. The third kappa shape index (κ3) is 3.63. The first kappa shape index (κ1) is 11.0. The molecule has 3 N–H and O–H groups in total. The van der Waals surface area contributed by atoms with Crippen LogP contribution in [0.5, 0.6) is 0 Å². The van der Waals surface area contributed by atoms with Crippen LogP contribution in [0.1, 0.15) is 32.6 Å². The second-order valence-electron chi connectivity index (χ2n) is 4.37. The van der Waals surface area contributed by atoms with Gasteiger partial charge in [-0.2, -0.15) is 0 Å². The minimum Gasteiger partial charge on any atom is -0.396 e. The van der Waals surface area contributed by atoms with Crippen LogP contribution in [0.15, 0.2) is 0 Å². The van der Waals surface area contributed by atoms with Crippen molar-refractivity contribution in [2.45, 2.75) is 38.1 Å². The third-order valence-electron chi connectivity index (χ3n) is 2.70. The Hall–Kier alpha value is -0.120. The SMILES string of the molecule is CC(CO)COCC1(N)CCCC1. The molecule has 13 heavy (non-hydrogen) atoms. The lowest BCUT2D eigenvalue weighted by Crippen LogP contribution is -2.41. The normalized spacial score (nSPS) is 23.3. The Bertz CT molecular complexity index is 144. The summed E-state index contributed by atoms with van der Waals surface area (Å²) in [5.74, 6) is 0.227. The number of aliphatic hydroxyl groups excluding tert-OH is 1. The van der Waals surface area contributed by atoms with Crippen molar-refractivity contribution in [3.8, 4) is 0 Å². The van der Waals surface area contributed by atoms with Gasteiger partial charge in [0, 0.05) is 18.1 Å². The zero-order valence-electron chi connectivity index (χ0n) is 8.46. The number of aliphatic hydroxyl groups is 1. The van der Waals surface area contributed by atoms with Gasteiger partial charge < -0.3 is 15.6 Å². The topological polar surface area (TPSA) is 55.5 Å². The zero-order valence-corrected chi connectivity index (χ0v) is 8.46. The first-order chi connectivity index (χ1) is 6.16. The van der Waals surface area contributed by atoms with Crippen LogP contribution in [-0.4, -0.2) is 30.5 Å². The van der Waals surface area contributed by atoms with Crippen molar-refractivity contribution in [3.63, 3.8) is 0 Å². The first-order valence-corrected chi connectivity index (χ1v) is 5.14. The van der Waals surface area contributed by atoms with Crippen molar-refractivity contribution >= 4 is 0 Å². The van der Waals surface area contributed by atoms with Gasteiger partial charge >= 0.3 is 0 Å². The zero-order chi connectivity index (χ0) is 9.73. The maximum atomic E-state index is 8.78. The molecule has 1 unspecified atom stereocenters. The van der Waals surface area contributed by atoms with Gasteiger partial charge in [-0.15, -0.1) is 0 Å². The summed E-state index contributed by atoms with van der Waals surface area (Å²) in [5.41, 5.74) is 6.03. The largest absolute Gasteiger partial charge is 0.396 e. The highest BCUT2D eigenvalue weighted by Gasteiger charge is 2.29. The van der Waals surface area contributed by atoms with Crippen LogP contribution in [0.25, 0.3) is 0 Å². The summed E-state index contributed by atoms with van der Waals surface area (Å²) < 4.78 is 5.49. The minimum absolute atomic E-state index is 0.0742. The number of hydrogen-bond donors (Lipinski definition) is 2. The average molecular weight is 187 g/mol. The first-order valence-electron chi connectivity index (χ1n) is 5.14. The van der Waals surface area contributed by atoms with Gasteiger partial charge in [-0.25, -0.2) is 0 Å². The van der Waals surface area contributed by atoms with Gasteiger partial charge in [0.25, 0.3) is 0 Å². The maximum Gasteiger partial charge on any atom is 0.0646 e. The van der Waals surface area contributed by atoms with Crippen molar-refractivity contribution in [2.24, 2.45) is 11.7 Å². The predicted molar refractivity (Wildman–Crippen MR) is 52.5 cm³/mol. The standard InChI is InChI=1S/C10H21NO2/c1-9(6-12)7-13-8-10(11)4-2-3-5-10/h9,12H,2-8,11H2,1H3.